The number of allylic oxidation sites excluding steroid dienone is 5. The van der Waals surface area contributed by atoms with Gasteiger partial charge in [-0.25, -0.2) is 4.39 Å². The molecule has 0 aliphatic carbocycles. The molecule has 1 fully saturated rings. The Bertz CT molecular complexity index is 805. The number of hydrogen-bond donors (Lipinski definition) is 1. The number of nitrogens with one attached hydrogen (secondary N) is 1. The van der Waals surface area contributed by atoms with Crippen LogP contribution in [0.5, 0.6) is 0 Å². The Labute approximate surface area is 223 Å². The Morgan fingerprint density at radius 3 is 2.31 bits per heavy atom. The zero-order chi connectivity index (χ0) is 27.9. The van der Waals surface area contributed by atoms with Gasteiger partial charge in [-0.2, -0.15) is 0 Å². The molecule has 0 aromatic heterocycles. The van der Waals surface area contributed by atoms with E-state index in [0.717, 1.165) is 56.6 Å². The van der Waals surface area contributed by atoms with E-state index < -0.39 is 0 Å². The fourth-order valence-electron chi connectivity index (χ4n) is 3.96. The van der Waals surface area contributed by atoms with Crippen LogP contribution in [0, 0.1) is 5.82 Å². The quantitative estimate of drug-likeness (QED) is 0.284. The van der Waals surface area contributed by atoms with Crippen LogP contribution < -0.4 is 5.32 Å². The summed E-state index contributed by atoms with van der Waals surface area (Å²) in [5, 5.41) is 3.51. The fraction of sp³-hybridized carbons (Fsp3) is 0.594. The average molecular weight is 502 g/mol. The van der Waals surface area contributed by atoms with Crippen LogP contribution in [-0.2, 0) is 6.42 Å². The van der Waals surface area contributed by atoms with Crippen LogP contribution in [-0.4, -0.2) is 36.3 Å². The van der Waals surface area contributed by atoms with Crippen LogP contribution in [0.1, 0.15) is 101 Å². The fourth-order valence-corrected chi connectivity index (χ4v) is 3.96. The molecular weight excluding hydrogens is 445 g/mol. The highest BCUT2D eigenvalue weighted by Gasteiger charge is 2.20. The van der Waals surface area contributed by atoms with Crippen LogP contribution in [0.4, 0.5) is 4.39 Å². The second-order valence-corrected chi connectivity index (χ2v) is 8.32. The lowest BCUT2D eigenvalue weighted by Gasteiger charge is -2.35. The first-order valence-electron chi connectivity index (χ1n) is 14.2. The molecule has 0 saturated carbocycles. The summed E-state index contributed by atoms with van der Waals surface area (Å²) < 4.78 is 12.5. The van der Waals surface area contributed by atoms with Gasteiger partial charge in [0.1, 0.15) is 5.82 Å². The van der Waals surface area contributed by atoms with Crippen molar-refractivity contribution in [1.82, 2.24) is 10.2 Å². The SMILES string of the molecule is CC.CC.CCCc1cccc(F)c1.C\C=C(CC)/C(C(/C)=N/C=C/CC)=C(/C)N1CCNC(C)C1. The van der Waals surface area contributed by atoms with Crippen LogP contribution in [0.15, 0.2) is 64.5 Å². The van der Waals surface area contributed by atoms with Gasteiger partial charge in [-0.1, -0.05) is 79.2 Å². The molecule has 1 N–H and O–H groups in total. The number of aliphatic imine (C=N–C) groups is 1. The second kappa shape index (κ2) is 23.2. The maximum atomic E-state index is 12.5. The van der Waals surface area contributed by atoms with Crippen molar-refractivity contribution in [2.24, 2.45) is 4.99 Å². The Morgan fingerprint density at radius 2 is 1.81 bits per heavy atom. The highest BCUT2D eigenvalue weighted by Crippen LogP contribution is 2.23. The molecule has 1 saturated heterocycles. The minimum absolute atomic E-state index is 0.133. The molecule has 0 bridgehead atoms. The third kappa shape index (κ3) is 14.4. The first-order valence-corrected chi connectivity index (χ1v) is 14.2. The molecule has 1 aliphatic heterocycles. The first kappa shape index (κ1) is 36.0. The van der Waals surface area contributed by atoms with Crippen LogP contribution in [0.2, 0.25) is 0 Å². The first-order chi connectivity index (χ1) is 17.4. The second-order valence-electron chi connectivity index (χ2n) is 8.32. The van der Waals surface area contributed by atoms with Crippen LogP contribution in [0.3, 0.4) is 0 Å². The third-order valence-corrected chi connectivity index (χ3v) is 5.65. The lowest BCUT2D eigenvalue weighted by molar-refractivity contribution is 0.255. The smallest absolute Gasteiger partial charge is 0.123 e. The number of nitrogens with zero attached hydrogens (tertiary/aromatic N) is 2. The Kier molecular flexibility index (Phi) is 23.2. The maximum Gasteiger partial charge on any atom is 0.123 e. The molecule has 1 aromatic rings. The van der Waals surface area contributed by atoms with E-state index in [-0.39, 0.29) is 5.82 Å². The topological polar surface area (TPSA) is 27.6 Å². The predicted octanol–water partition coefficient (Wildman–Crippen LogP) is 9.13. The van der Waals surface area contributed by atoms with E-state index >= 15 is 0 Å². The summed E-state index contributed by atoms with van der Waals surface area (Å²) in [6.45, 7) is 26.4. The van der Waals surface area contributed by atoms with E-state index in [1.165, 1.54) is 22.9 Å². The molecule has 1 aromatic carbocycles. The minimum Gasteiger partial charge on any atom is -0.372 e. The van der Waals surface area contributed by atoms with E-state index in [4.69, 9.17) is 0 Å². The summed E-state index contributed by atoms with van der Waals surface area (Å²) in [6.07, 6.45) is 10.4. The van der Waals surface area contributed by atoms with Crippen molar-refractivity contribution < 1.29 is 4.39 Å². The molecule has 1 atom stereocenters. The van der Waals surface area contributed by atoms with Crippen molar-refractivity contribution in [3.63, 3.8) is 0 Å². The van der Waals surface area contributed by atoms with Crippen LogP contribution >= 0.6 is 0 Å². The number of halogens is 1. The van der Waals surface area contributed by atoms with Gasteiger partial charge in [0.15, 0.2) is 0 Å². The largest absolute Gasteiger partial charge is 0.372 e. The Balaban J connectivity index is 0. The van der Waals surface area contributed by atoms with Gasteiger partial charge in [-0.15, -0.1) is 0 Å². The van der Waals surface area contributed by atoms with Crippen molar-refractivity contribution in [3.8, 4) is 0 Å². The number of hydrogen-bond acceptors (Lipinski definition) is 3. The zero-order valence-electron chi connectivity index (χ0n) is 25.3. The molecule has 0 amide bonds. The molecule has 0 radical (unpaired) electrons. The number of rotatable bonds is 8. The standard InChI is InChI=1S/C19H33N3.C9H11F.2C2H6/c1-7-10-11-21-16(5)19(18(8-2)9-3)17(6)22-13-12-20-15(4)14-22;1-2-4-8-5-3-6-9(10)7-8;2*1-2/h8,10-11,15,20H,7,9,12-14H2,1-6H3;3,5-7H,2,4H2,1H3;2*1-2H3/b11-10+,18-8-,19-17-,21-16+;;;. The normalized spacial score (nSPS) is 16.7. The highest BCUT2D eigenvalue weighted by atomic mass is 19.1. The molecule has 1 aliphatic rings. The van der Waals surface area contributed by atoms with E-state index in [0.29, 0.717) is 6.04 Å². The summed E-state index contributed by atoms with van der Waals surface area (Å²) in [7, 11) is 0. The Hall–Kier alpha value is -2.20. The molecule has 0 spiro atoms. The molecule has 1 heterocycles. The zero-order valence-corrected chi connectivity index (χ0v) is 25.3. The van der Waals surface area contributed by atoms with E-state index in [1.54, 1.807) is 12.1 Å². The molecule has 2 rings (SSSR count). The van der Waals surface area contributed by atoms with Gasteiger partial charge in [0.05, 0.1) is 0 Å². The van der Waals surface area contributed by atoms with Gasteiger partial charge in [0.25, 0.3) is 0 Å². The lowest BCUT2D eigenvalue weighted by Crippen LogP contribution is -2.48. The predicted molar refractivity (Wildman–Crippen MR) is 161 cm³/mol. The van der Waals surface area contributed by atoms with Crippen molar-refractivity contribution in [1.29, 1.82) is 0 Å². The average Bonchev–Trinajstić information content (AvgIpc) is 2.90. The molecule has 4 heteroatoms. The van der Waals surface area contributed by atoms with Crippen molar-refractivity contribution >= 4 is 5.71 Å². The van der Waals surface area contributed by atoms with Gasteiger partial charge in [0.2, 0.25) is 0 Å². The Morgan fingerprint density at radius 1 is 1.14 bits per heavy atom. The molecule has 206 valence electrons. The summed E-state index contributed by atoms with van der Waals surface area (Å²) in [5.74, 6) is -0.133. The molecule has 1 unspecified atom stereocenters. The minimum atomic E-state index is -0.133. The summed E-state index contributed by atoms with van der Waals surface area (Å²) in [6, 6.07) is 7.30. The van der Waals surface area contributed by atoms with Gasteiger partial charge in [0, 0.05) is 48.9 Å². The van der Waals surface area contributed by atoms with E-state index in [1.807, 2.05) is 40.0 Å². The number of benzene rings is 1. The number of aryl methyl sites for hydroxylation is 1. The maximum absolute atomic E-state index is 12.5. The summed E-state index contributed by atoms with van der Waals surface area (Å²) in [5.41, 5.74) is 6.26. The lowest BCUT2D eigenvalue weighted by atomic mass is 9.96. The third-order valence-electron chi connectivity index (χ3n) is 5.65. The van der Waals surface area contributed by atoms with Crippen molar-refractivity contribution in [2.75, 3.05) is 19.6 Å². The van der Waals surface area contributed by atoms with Crippen molar-refractivity contribution in [2.45, 2.75) is 108 Å². The van der Waals surface area contributed by atoms with Crippen molar-refractivity contribution in [3.05, 3.63) is 70.8 Å². The monoisotopic (exact) mass is 501 g/mol. The van der Waals surface area contributed by atoms with Crippen LogP contribution in [0.25, 0.3) is 0 Å². The van der Waals surface area contributed by atoms with Gasteiger partial charge in [-0.3, -0.25) is 4.99 Å². The molecule has 3 nitrogen and oxygen atoms in total. The molecular formula is C32H56FN3. The highest BCUT2D eigenvalue weighted by molar-refractivity contribution is 6.03. The summed E-state index contributed by atoms with van der Waals surface area (Å²) >= 11 is 0. The number of piperazine rings is 1. The van der Waals surface area contributed by atoms with Gasteiger partial charge >= 0.3 is 0 Å². The van der Waals surface area contributed by atoms with E-state index in [2.05, 4.69) is 75.8 Å². The van der Waals surface area contributed by atoms with Gasteiger partial charge in [-0.05, 0) is 70.2 Å². The van der Waals surface area contributed by atoms with Gasteiger partial charge < -0.3 is 10.2 Å². The molecule has 36 heavy (non-hydrogen) atoms. The van der Waals surface area contributed by atoms with E-state index in [9.17, 15) is 4.39 Å². The summed E-state index contributed by atoms with van der Waals surface area (Å²) in [4.78, 5) is 7.16.